The molecule has 0 spiro atoms. The normalized spacial score (nSPS) is 19.8. The van der Waals surface area contributed by atoms with Gasteiger partial charge >= 0.3 is 5.97 Å². The predicted octanol–water partition coefficient (Wildman–Crippen LogP) is 1.33. The molecule has 2 aliphatic rings. The van der Waals surface area contributed by atoms with Crippen LogP contribution in [0.1, 0.15) is 11.3 Å². The monoisotopic (exact) mass is 545 g/mol. The number of oxime groups is 1. The van der Waals surface area contributed by atoms with Gasteiger partial charge in [-0.1, -0.05) is 16.5 Å². The molecule has 0 saturated carbocycles. The second-order valence-electron chi connectivity index (χ2n) is 8.08. The summed E-state index contributed by atoms with van der Waals surface area (Å²) in [6.45, 7) is 2.37. The highest BCUT2D eigenvalue weighted by molar-refractivity contribution is 8.00. The van der Waals surface area contributed by atoms with Crippen molar-refractivity contribution < 1.29 is 28.9 Å². The largest absolute Gasteiger partial charge is 0.477 e. The molecular formula is C22H21N6O5S3+. The Hall–Kier alpha value is -3.49. The second-order valence-corrected chi connectivity index (χ2v) is 11.0. The number of nitrogen functional groups attached to an aromatic ring is 1. The molecule has 186 valence electrons. The number of carboxylic acid groups (broad SMARTS) is 1. The highest BCUT2D eigenvalue weighted by Gasteiger charge is 2.54. The number of aryl methyl sites for hydroxylation is 1. The first kappa shape index (κ1) is 24.2. The summed E-state index contributed by atoms with van der Waals surface area (Å²) in [5.41, 5.74) is 7.49. The van der Waals surface area contributed by atoms with Gasteiger partial charge in [0.25, 0.3) is 16.6 Å². The topological polar surface area (TPSA) is 151 Å². The highest BCUT2D eigenvalue weighted by atomic mass is 32.2. The van der Waals surface area contributed by atoms with Gasteiger partial charge in [-0.3, -0.25) is 14.5 Å². The number of rotatable bonds is 7. The van der Waals surface area contributed by atoms with Crippen LogP contribution in [0.2, 0.25) is 0 Å². The number of thiazole rings is 1. The third kappa shape index (κ3) is 4.10. The quantitative estimate of drug-likeness (QED) is 0.174. The number of nitrogens with zero attached hydrogens (tertiary/aromatic N) is 4. The Bertz CT molecular complexity index is 1460. The molecular weight excluding hydrogens is 524 g/mol. The maximum Gasteiger partial charge on any atom is 0.352 e. The summed E-state index contributed by atoms with van der Waals surface area (Å²) in [5.74, 6) is -1.94. The van der Waals surface area contributed by atoms with Crippen molar-refractivity contribution in [3.63, 3.8) is 0 Å². The van der Waals surface area contributed by atoms with E-state index >= 15 is 0 Å². The summed E-state index contributed by atoms with van der Waals surface area (Å²) in [6.07, 6.45) is 1.93. The smallest absolute Gasteiger partial charge is 0.352 e. The van der Waals surface area contributed by atoms with Crippen LogP contribution in [0.3, 0.4) is 0 Å². The van der Waals surface area contributed by atoms with E-state index in [1.165, 1.54) is 23.8 Å². The zero-order valence-corrected chi connectivity index (χ0v) is 21.6. The van der Waals surface area contributed by atoms with Crippen LogP contribution in [0.4, 0.5) is 5.13 Å². The van der Waals surface area contributed by atoms with E-state index in [4.69, 9.17) is 10.6 Å². The number of aliphatic carboxylic acids is 1. The molecule has 0 bridgehead atoms. The van der Waals surface area contributed by atoms with Crippen molar-refractivity contribution in [2.45, 2.75) is 24.9 Å². The van der Waals surface area contributed by atoms with Gasteiger partial charge in [-0.15, -0.1) is 23.1 Å². The number of anilines is 1. The lowest BCUT2D eigenvalue weighted by Crippen LogP contribution is -2.71. The van der Waals surface area contributed by atoms with Crippen LogP contribution < -0.4 is 15.6 Å². The molecule has 2 aliphatic heterocycles. The van der Waals surface area contributed by atoms with E-state index in [2.05, 4.69) is 15.5 Å². The van der Waals surface area contributed by atoms with Gasteiger partial charge in [0.15, 0.2) is 23.6 Å². The van der Waals surface area contributed by atoms with Gasteiger partial charge < -0.3 is 21.0 Å². The molecule has 3 aromatic heterocycles. The number of hydrogen-bond donors (Lipinski definition) is 3. The molecule has 3 aromatic rings. The van der Waals surface area contributed by atoms with Gasteiger partial charge in [-0.25, -0.2) is 9.78 Å². The molecule has 0 aliphatic carbocycles. The van der Waals surface area contributed by atoms with Crippen molar-refractivity contribution in [2.75, 3.05) is 18.6 Å². The third-order valence-electron chi connectivity index (χ3n) is 5.89. The fourth-order valence-corrected chi connectivity index (χ4v) is 7.05. The van der Waals surface area contributed by atoms with Crippen LogP contribution in [0.5, 0.6) is 0 Å². The maximum absolute atomic E-state index is 13.1. The van der Waals surface area contributed by atoms with Gasteiger partial charge in [0, 0.05) is 22.8 Å². The number of carboxylic acids is 1. The van der Waals surface area contributed by atoms with E-state index in [0.29, 0.717) is 17.9 Å². The van der Waals surface area contributed by atoms with Crippen LogP contribution >= 0.6 is 34.4 Å². The molecule has 0 aromatic carbocycles. The number of pyridine rings is 1. The number of amides is 2. The first-order valence-electron chi connectivity index (χ1n) is 10.7. The Morgan fingerprint density at radius 2 is 2.19 bits per heavy atom. The molecule has 11 nitrogen and oxygen atoms in total. The number of nitrogens with two attached hydrogens (primary N) is 1. The Labute approximate surface area is 217 Å². The van der Waals surface area contributed by atoms with Crippen molar-refractivity contribution in [1.82, 2.24) is 15.2 Å². The van der Waals surface area contributed by atoms with E-state index < -0.39 is 29.2 Å². The van der Waals surface area contributed by atoms with Crippen LogP contribution in [0.15, 0.2) is 45.5 Å². The third-order valence-corrected chi connectivity index (χ3v) is 8.86. The first-order valence-corrected chi connectivity index (χ1v) is 13.5. The molecule has 5 heterocycles. The summed E-state index contributed by atoms with van der Waals surface area (Å²) in [7, 11) is 1.29. The number of aromatic nitrogens is 2. The fourth-order valence-electron chi connectivity index (χ4n) is 4.22. The minimum absolute atomic E-state index is 0.0370. The summed E-state index contributed by atoms with van der Waals surface area (Å²) in [5, 5.41) is 20.8. The molecule has 1 fully saturated rings. The summed E-state index contributed by atoms with van der Waals surface area (Å²) in [4.78, 5) is 49.3. The molecule has 1 saturated heterocycles. The first-order chi connectivity index (χ1) is 17.3. The zero-order chi connectivity index (χ0) is 25.6. The number of fused-ring (bicyclic) bond motifs is 2. The number of carbonyl (C=O) groups is 3. The molecule has 2 amide bonds. The molecule has 4 N–H and O–H groups in total. The van der Waals surface area contributed by atoms with E-state index in [1.807, 2.05) is 35.2 Å². The van der Waals surface area contributed by atoms with Crippen molar-refractivity contribution in [1.29, 1.82) is 0 Å². The number of carbonyl (C=O) groups excluding carboxylic acids is 2. The van der Waals surface area contributed by atoms with Gasteiger partial charge in [0.2, 0.25) is 0 Å². The molecule has 1 unspecified atom stereocenters. The van der Waals surface area contributed by atoms with Crippen LogP contribution in [-0.4, -0.2) is 62.8 Å². The maximum atomic E-state index is 13.1. The number of hydrogen-bond acceptors (Lipinski definition) is 10. The Balaban J connectivity index is 1.38. The fraction of sp³-hybridized carbons (Fsp3) is 0.273. The lowest BCUT2D eigenvalue weighted by Gasteiger charge is -2.49. The Morgan fingerprint density at radius 3 is 2.89 bits per heavy atom. The zero-order valence-electron chi connectivity index (χ0n) is 19.1. The van der Waals surface area contributed by atoms with Gasteiger partial charge in [-0.2, -0.15) is 4.57 Å². The molecule has 36 heavy (non-hydrogen) atoms. The second kappa shape index (κ2) is 9.52. The number of thiophene rings is 1. The van der Waals surface area contributed by atoms with Gasteiger partial charge in [-0.05, 0) is 23.9 Å². The minimum atomic E-state index is -1.18. The lowest BCUT2D eigenvalue weighted by atomic mass is 10.0. The van der Waals surface area contributed by atoms with E-state index in [1.54, 1.807) is 16.7 Å². The van der Waals surface area contributed by atoms with E-state index in [-0.39, 0.29) is 22.2 Å². The minimum Gasteiger partial charge on any atom is -0.477 e. The summed E-state index contributed by atoms with van der Waals surface area (Å²) in [6, 6.07) is 3.12. The molecule has 5 rings (SSSR count). The molecule has 2 atom stereocenters. The van der Waals surface area contributed by atoms with Crippen LogP contribution in [0, 0.1) is 6.92 Å². The predicted molar refractivity (Wildman–Crippen MR) is 137 cm³/mol. The van der Waals surface area contributed by atoms with Gasteiger partial charge in [0.05, 0.1) is 5.39 Å². The number of nitrogens with one attached hydrogen (secondary N) is 1. The summed E-state index contributed by atoms with van der Waals surface area (Å²) >= 11 is 4.12. The average Bonchev–Trinajstić information content (AvgIpc) is 3.52. The lowest BCUT2D eigenvalue weighted by molar-refractivity contribution is -0.661. The highest BCUT2D eigenvalue weighted by Crippen LogP contribution is 2.40. The van der Waals surface area contributed by atoms with Crippen molar-refractivity contribution in [2.24, 2.45) is 5.16 Å². The van der Waals surface area contributed by atoms with Crippen molar-refractivity contribution in [3.8, 4) is 0 Å². The van der Waals surface area contributed by atoms with Crippen LogP contribution in [-0.2, 0) is 25.8 Å². The average molecular weight is 546 g/mol. The van der Waals surface area contributed by atoms with Gasteiger partial charge in [0.1, 0.15) is 29.9 Å². The number of β-lactam (4-membered cyclic amide) rings is 1. The Morgan fingerprint density at radius 1 is 1.39 bits per heavy atom. The SMILES string of the molecule is CO/N=C(\C(=O)NC1C(=O)N2C(C(=O)O)=C(C[n+]3ccc(C)c4ccsc43)CS[C@H]12)c1csc(N)n1. The Kier molecular flexibility index (Phi) is 6.40. The van der Waals surface area contributed by atoms with E-state index in [9.17, 15) is 19.5 Å². The number of thioether (sulfide) groups is 1. The molecule has 14 heteroatoms. The van der Waals surface area contributed by atoms with Crippen LogP contribution in [0.25, 0.3) is 10.2 Å². The van der Waals surface area contributed by atoms with Crippen molar-refractivity contribution in [3.05, 3.63) is 51.6 Å². The standard InChI is InChI=1S/C22H20N6O5S3/c1-10-3-5-27(19-12(10)4-6-34-19)7-11-8-35-20-15(18(30)28(20)16(11)21(31)32)25-17(29)14(26-33-2)13-9-36-22(23)24-13/h3-6,9,15,20H,7-8H2,1-2H3,(H3-,23,24,25,29,31,32)/p+1/b26-14-/t15?,20-/m1/s1. The van der Waals surface area contributed by atoms with Crippen molar-refractivity contribution >= 4 is 73.3 Å². The van der Waals surface area contributed by atoms with E-state index in [0.717, 1.165) is 27.1 Å². The molecule has 0 radical (unpaired) electrons. The summed E-state index contributed by atoms with van der Waals surface area (Å²) < 4.78 is 2.00.